The molecule has 4 aromatic rings. The molecule has 14 nitrogen and oxygen atoms in total. The summed E-state index contributed by atoms with van der Waals surface area (Å²) in [6, 6.07) is 5.19. The van der Waals surface area contributed by atoms with E-state index in [2.05, 4.69) is 25.7 Å². The van der Waals surface area contributed by atoms with Crippen molar-refractivity contribution in [2.45, 2.75) is 38.6 Å². The molecule has 3 aromatic heterocycles. The first-order valence-electron chi connectivity index (χ1n) is 13.9. The first-order valence-corrected chi connectivity index (χ1v) is 13.9. The molecule has 45 heavy (non-hydrogen) atoms. The number of aliphatic hydroxyl groups excluding tert-OH is 2. The van der Waals surface area contributed by atoms with Crippen molar-refractivity contribution in [3.63, 3.8) is 0 Å². The van der Waals surface area contributed by atoms with E-state index in [4.69, 9.17) is 25.5 Å². The molecule has 0 bridgehead atoms. The molecule has 0 aliphatic rings. The minimum absolute atomic E-state index is 0.00243. The topological polar surface area (TPSA) is 202 Å². The van der Waals surface area contributed by atoms with Crippen molar-refractivity contribution in [2.75, 3.05) is 38.2 Å². The number of hydrogen-bond donors (Lipinski definition) is 6. The summed E-state index contributed by atoms with van der Waals surface area (Å²) in [6.07, 6.45) is 0.163. The first-order chi connectivity index (χ1) is 21.6. The predicted octanol–water partition coefficient (Wildman–Crippen LogP) is 2.07. The van der Waals surface area contributed by atoms with Gasteiger partial charge in [0.05, 0.1) is 43.3 Å². The molecule has 0 aliphatic carbocycles. The fraction of sp³-hybridized carbons (Fsp3) is 0.393. The van der Waals surface area contributed by atoms with E-state index in [0.29, 0.717) is 49.8 Å². The summed E-state index contributed by atoms with van der Waals surface area (Å²) >= 11 is 0. The zero-order valence-corrected chi connectivity index (χ0v) is 24.4. The van der Waals surface area contributed by atoms with E-state index in [0.717, 1.165) is 10.2 Å². The molecule has 4 rings (SSSR count). The van der Waals surface area contributed by atoms with Crippen molar-refractivity contribution < 1.29 is 42.8 Å². The number of carbonyl (C=O) groups is 2. The van der Waals surface area contributed by atoms with Crippen LogP contribution in [0.3, 0.4) is 0 Å². The number of ether oxygens (including phenoxy) is 1. The Balaban J connectivity index is 0.00000177. The van der Waals surface area contributed by atoms with Crippen LogP contribution in [0.4, 0.5) is 24.7 Å². The molecule has 1 amide bonds. The number of hydrogen-bond acceptors (Lipinski definition) is 10. The van der Waals surface area contributed by atoms with Crippen molar-refractivity contribution in [3.05, 3.63) is 59.8 Å². The summed E-state index contributed by atoms with van der Waals surface area (Å²) in [5, 5.41) is 35.5. The van der Waals surface area contributed by atoms with Crippen LogP contribution in [0.25, 0.3) is 16.9 Å². The van der Waals surface area contributed by atoms with Gasteiger partial charge in [-0.2, -0.15) is 18.3 Å². The van der Waals surface area contributed by atoms with E-state index < -0.39 is 18.0 Å². The number of nitrogens with zero attached hydrogens (tertiary/aromatic N) is 5. The number of nitrogens with one attached hydrogen (secondary N) is 2. The minimum atomic E-state index is -4.76. The molecule has 1 atom stereocenters. The average molecular weight is 637 g/mol. The zero-order valence-electron chi connectivity index (χ0n) is 24.4. The molecule has 3 heterocycles. The van der Waals surface area contributed by atoms with E-state index in [9.17, 15) is 23.1 Å². The van der Waals surface area contributed by atoms with Crippen LogP contribution in [0.1, 0.15) is 35.0 Å². The monoisotopic (exact) mass is 636 g/mol. The van der Waals surface area contributed by atoms with Crippen LogP contribution in [-0.2, 0) is 28.7 Å². The molecular weight excluding hydrogens is 601 g/mol. The Morgan fingerprint density at radius 3 is 2.67 bits per heavy atom. The van der Waals surface area contributed by atoms with Gasteiger partial charge in [-0.3, -0.25) is 18.7 Å². The normalized spacial score (nSPS) is 12.0. The number of carbonyl (C=O) groups excluding carboxylic acids is 1. The van der Waals surface area contributed by atoms with Gasteiger partial charge in [0.15, 0.2) is 17.2 Å². The molecule has 244 valence electrons. The van der Waals surface area contributed by atoms with Gasteiger partial charge in [-0.15, -0.1) is 0 Å². The Morgan fingerprint density at radius 2 is 2.00 bits per heavy atom. The van der Waals surface area contributed by atoms with Gasteiger partial charge >= 0.3 is 6.18 Å². The van der Waals surface area contributed by atoms with E-state index in [1.165, 1.54) is 29.2 Å². The molecule has 17 heteroatoms. The van der Waals surface area contributed by atoms with Crippen LogP contribution < -0.4 is 16.4 Å². The molecule has 1 aromatic carbocycles. The summed E-state index contributed by atoms with van der Waals surface area (Å²) in [7, 11) is 0. The number of fused-ring (bicyclic) bond motifs is 1. The van der Waals surface area contributed by atoms with Gasteiger partial charge in [-0.1, -0.05) is 6.92 Å². The number of anilines is 2. The number of aliphatic hydroxyl groups is 2. The molecule has 0 spiro atoms. The number of amides is 1. The van der Waals surface area contributed by atoms with Crippen LogP contribution in [0.2, 0.25) is 0 Å². The van der Waals surface area contributed by atoms with Crippen LogP contribution in [0.15, 0.2) is 43.0 Å². The molecule has 0 aliphatic heterocycles. The number of rotatable bonds is 14. The number of alkyl halides is 3. The third kappa shape index (κ3) is 9.21. The Kier molecular flexibility index (Phi) is 12.8. The summed E-state index contributed by atoms with van der Waals surface area (Å²) < 4.78 is 49.5. The minimum Gasteiger partial charge on any atom is -0.483 e. The van der Waals surface area contributed by atoms with Crippen molar-refractivity contribution in [2.24, 2.45) is 5.73 Å². The molecule has 0 saturated heterocycles. The second-order valence-corrected chi connectivity index (χ2v) is 9.50. The third-order valence-electron chi connectivity index (χ3n) is 6.38. The lowest BCUT2D eigenvalue weighted by Gasteiger charge is -2.13. The highest BCUT2D eigenvalue weighted by atomic mass is 19.4. The van der Waals surface area contributed by atoms with Crippen molar-refractivity contribution in [1.82, 2.24) is 29.5 Å². The molecular formula is C28H35F3N8O6. The fourth-order valence-electron chi connectivity index (χ4n) is 4.41. The lowest BCUT2D eigenvalue weighted by atomic mass is 10.0. The molecule has 0 saturated carbocycles. The molecule has 1 unspecified atom stereocenters. The SMILES string of the molecule is CCc1cc(Nc2nccn3c(-c4cn(CC(O)CCO)nc4C(F)(F)F)cnc23)ccc1C(=O)NCCOCCN.O=CO. The largest absolute Gasteiger partial charge is 0.483 e. The lowest BCUT2D eigenvalue weighted by Crippen LogP contribution is -2.28. The van der Waals surface area contributed by atoms with Crippen LogP contribution in [0.5, 0.6) is 0 Å². The highest BCUT2D eigenvalue weighted by molar-refractivity contribution is 5.96. The van der Waals surface area contributed by atoms with E-state index in [1.807, 2.05) is 6.92 Å². The van der Waals surface area contributed by atoms with Gasteiger partial charge in [0.1, 0.15) is 0 Å². The van der Waals surface area contributed by atoms with E-state index in [-0.39, 0.29) is 48.9 Å². The summed E-state index contributed by atoms with van der Waals surface area (Å²) in [6.45, 7) is 2.65. The van der Waals surface area contributed by atoms with Crippen LogP contribution >= 0.6 is 0 Å². The maximum atomic E-state index is 13.9. The zero-order chi connectivity index (χ0) is 33.0. The molecule has 0 radical (unpaired) electrons. The molecule has 7 N–H and O–H groups in total. The fourth-order valence-corrected chi connectivity index (χ4v) is 4.41. The Labute approximate surface area is 255 Å². The highest BCUT2D eigenvalue weighted by Gasteiger charge is 2.38. The Bertz CT molecular complexity index is 1560. The van der Waals surface area contributed by atoms with E-state index >= 15 is 0 Å². The van der Waals surface area contributed by atoms with Gasteiger partial charge in [-0.25, -0.2) is 9.97 Å². The second kappa shape index (κ2) is 16.5. The number of aromatic nitrogens is 5. The van der Waals surface area contributed by atoms with Gasteiger partial charge < -0.3 is 36.4 Å². The van der Waals surface area contributed by atoms with Crippen molar-refractivity contribution >= 4 is 29.5 Å². The van der Waals surface area contributed by atoms with Crippen LogP contribution in [0, 0.1) is 0 Å². The highest BCUT2D eigenvalue weighted by Crippen LogP contribution is 2.37. The number of imidazole rings is 1. The number of nitrogens with two attached hydrogens (primary N) is 1. The number of benzene rings is 1. The first kappa shape index (κ1) is 34.9. The van der Waals surface area contributed by atoms with Crippen LogP contribution in [-0.4, -0.2) is 90.9 Å². The summed E-state index contributed by atoms with van der Waals surface area (Å²) in [5.74, 6) is 0.0529. The van der Waals surface area contributed by atoms with E-state index in [1.54, 1.807) is 18.2 Å². The quantitative estimate of drug-likeness (QED) is 0.0874. The maximum Gasteiger partial charge on any atom is 0.435 e. The smallest absolute Gasteiger partial charge is 0.435 e. The predicted molar refractivity (Wildman–Crippen MR) is 157 cm³/mol. The Morgan fingerprint density at radius 1 is 1.24 bits per heavy atom. The number of halogens is 3. The number of aryl methyl sites for hydroxylation is 1. The van der Waals surface area contributed by atoms with Gasteiger partial charge in [0.25, 0.3) is 12.4 Å². The van der Waals surface area contributed by atoms with Gasteiger partial charge in [0.2, 0.25) is 0 Å². The van der Waals surface area contributed by atoms with Gasteiger partial charge in [-0.05, 0) is 36.6 Å². The molecule has 0 fully saturated rings. The summed E-state index contributed by atoms with van der Waals surface area (Å²) in [4.78, 5) is 29.7. The standard InChI is InChI=1S/C27H33F3N8O4.CH2O2/c1-2-17-13-18(3-4-20(17)26(41)33-8-12-42-11-6-31)35-24-25-34-14-22(38(25)9-7-32-24)21-16-37(15-19(40)5-10-39)36-23(21)27(28,29)30;2-1-3/h3-4,7,9,13-14,16,19,39-40H,2,5-6,8,10-12,15,31H2,1H3,(H,32,35)(H,33,41);1H,(H,2,3). The average Bonchev–Trinajstić information content (AvgIpc) is 3.62. The lowest BCUT2D eigenvalue weighted by molar-refractivity contribution is -0.141. The second-order valence-electron chi connectivity index (χ2n) is 9.50. The summed E-state index contributed by atoms with van der Waals surface area (Å²) in [5.41, 5.74) is 6.34. The van der Waals surface area contributed by atoms with Crippen molar-refractivity contribution in [3.8, 4) is 11.3 Å². The third-order valence-corrected chi connectivity index (χ3v) is 6.38. The maximum absolute atomic E-state index is 13.9. The number of carboxylic acid groups (broad SMARTS) is 1. The van der Waals surface area contributed by atoms with Crippen molar-refractivity contribution in [1.29, 1.82) is 0 Å². The van der Waals surface area contributed by atoms with Gasteiger partial charge in [0, 0.05) is 49.5 Å². The Hall–Kier alpha value is -4.58.